The van der Waals surface area contributed by atoms with Crippen molar-refractivity contribution in [3.05, 3.63) is 74.9 Å². The first-order valence-corrected chi connectivity index (χ1v) is 12.3. The molecule has 0 unspecified atom stereocenters. The van der Waals surface area contributed by atoms with Gasteiger partial charge in [-0.25, -0.2) is 9.37 Å². The van der Waals surface area contributed by atoms with E-state index in [0.29, 0.717) is 29.2 Å². The van der Waals surface area contributed by atoms with Crippen LogP contribution in [-0.2, 0) is 18.5 Å². The molecule has 0 N–H and O–H groups in total. The summed E-state index contributed by atoms with van der Waals surface area (Å²) in [5.41, 5.74) is 4.57. The van der Waals surface area contributed by atoms with Gasteiger partial charge in [0.25, 0.3) is 5.91 Å². The van der Waals surface area contributed by atoms with E-state index in [9.17, 15) is 4.79 Å². The highest BCUT2D eigenvalue weighted by molar-refractivity contribution is 7.14. The number of thiophene rings is 1. The lowest BCUT2D eigenvalue weighted by Crippen LogP contribution is -2.24. The Hall–Kier alpha value is -3.32. The molecule has 182 valence electrons. The van der Waals surface area contributed by atoms with Crippen LogP contribution in [0.15, 0.2) is 47.5 Å². The van der Waals surface area contributed by atoms with E-state index in [1.807, 2.05) is 25.1 Å². The third kappa shape index (κ3) is 5.05. The monoisotopic (exact) mass is 491 g/mol. The van der Waals surface area contributed by atoms with Gasteiger partial charge in [-0.2, -0.15) is 0 Å². The van der Waals surface area contributed by atoms with Crippen LogP contribution in [0.5, 0.6) is 5.88 Å². The number of methoxy groups -OCH3 is 1. The first-order valence-electron chi connectivity index (χ1n) is 11.5. The van der Waals surface area contributed by atoms with Gasteiger partial charge in [-0.15, -0.1) is 11.3 Å². The minimum Gasteiger partial charge on any atom is -0.481 e. The van der Waals surface area contributed by atoms with Crippen LogP contribution in [-0.4, -0.2) is 36.2 Å². The van der Waals surface area contributed by atoms with E-state index in [0.717, 1.165) is 21.6 Å². The summed E-state index contributed by atoms with van der Waals surface area (Å²) in [7, 11) is 3.26. The minimum absolute atomic E-state index is 0.00852. The topological polar surface area (TPSA) is 54.8 Å². The molecule has 35 heavy (non-hydrogen) atoms. The Balaban J connectivity index is 1.58. The molecule has 0 bridgehead atoms. The molecule has 3 aromatic rings. The number of hydrogen-bond donors (Lipinski definition) is 0. The maximum atomic E-state index is 15.2. The highest BCUT2D eigenvalue weighted by Crippen LogP contribution is 2.38. The number of benzene rings is 1. The molecule has 0 saturated carbocycles. The molecule has 1 aromatic carbocycles. The largest absolute Gasteiger partial charge is 0.481 e. The van der Waals surface area contributed by atoms with Gasteiger partial charge in [-0.1, -0.05) is 39.0 Å². The van der Waals surface area contributed by atoms with Crippen LogP contribution in [0.4, 0.5) is 4.39 Å². The van der Waals surface area contributed by atoms with Gasteiger partial charge in [-0.3, -0.25) is 9.79 Å². The quantitative estimate of drug-likeness (QED) is 0.369. The van der Waals surface area contributed by atoms with Gasteiger partial charge in [0.2, 0.25) is 5.88 Å². The van der Waals surface area contributed by atoms with E-state index < -0.39 is 0 Å². The summed E-state index contributed by atoms with van der Waals surface area (Å²) in [6, 6.07) is 10.9. The van der Waals surface area contributed by atoms with Gasteiger partial charge < -0.3 is 9.64 Å². The molecule has 1 aliphatic rings. The fourth-order valence-electron chi connectivity index (χ4n) is 4.06. The van der Waals surface area contributed by atoms with Crippen molar-refractivity contribution < 1.29 is 13.9 Å². The van der Waals surface area contributed by atoms with Crippen LogP contribution < -0.4 is 4.74 Å². The Morgan fingerprint density at radius 2 is 2.00 bits per heavy atom. The van der Waals surface area contributed by atoms with E-state index in [4.69, 9.17) is 4.74 Å². The highest BCUT2D eigenvalue weighted by Gasteiger charge is 2.32. The second-order valence-corrected chi connectivity index (χ2v) is 10.6. The summed E-state index contributed by atoms with van der Waals surface area (Å²) >= 11 is 1.55. The van der Waals surface area contributed by atoms with Gasteiger partial charge in [0, 0.05) is 48.4 Å². The number of pyridine rings is 1. The summed E-state index contributed by atoms with van der Waals surface area (Å²) in [6.07, 6.45) is 3.64. The van der Waals surface area contributed by atoms with Crippen LogP contribution in [0.1, 0.15) is 59.1 Å². The second kappa shape index (κ2) is 9.74. The van der Waals surface area contributed by atoms with E-state index in [2.05, 4.69) is 36.8 Å². The number of aromatic nitrogens is 1. The van der Waals surface area contributed by atoms with E-state index in [1.54, 1.807) is 48.7 Å². The molecule has 7 heteroatoms. The van der Waals surface area contributed by atoms with Gasteiger partial charge in [0.1, 0.15) is 5.82 Å². The van der Waals surface area contributed by atoms with Gasteiger partial charge in [-0.05, 0) is 47.2 Å². The minimum atomic E-state index is -0.348. The predicted octanol–water partition coefficient (Wildman–Crippen LogP) is 6.52. The molecule has 5 nitrogen and oxygen atoms in total. The fourth-order valence-corrected chi connectivity index (χ4v) is 5.26. The lowest BCUT2D eigenvalue weighted by molar-refractivity contribution is 0.0768. The number of carbonyl (C=O) groups is 1. The number of fused-ring (bicyclic) bond motifs is 1. The molecule has 0 saturated heterocycles. The first kappa shape index (κ1) is 24.8. The number of nitrogens with zero attached hydrogens (tertiary/aromatic N) is 3. The van der Waals surface area contributed by atoms with Crippen molar-refractivity contribution >= 4 is 29.0 Å². The van der Waals surface area contributed by atoms with E-state index >= 15 is 4.39 Å². The number of carbonyl (C=O) groups excluding carboxylic acids is 1. The molecular formula is C28H30FN3O2S. The number of amides is 1. The molecule has 0 atom stereocenters. The van der Waals surface area contributed by atoms with Gasteiger partial charge in [0.15, 0.2) is 0 Å². The molecule has 4 rings (SSSR count). The molecule has 1 amide bonds. The van der Waals surface area contributed by atoms with Crippen LogP contribution in [0, 0.1) is 5.82 Å². The lowest BCUT2D eigenvalue weighted by Gasteiger charge is -2.19. The van der Waals surface area contributed by atoms with Crippen molar-refractivity contribution in [1.29, 1.82) is 0 Å². The third-order valence-corrected chi connectivity index (χ3v) is 7.62. The van der Waals surface area contributed by atoms with Crippen LogP contribution >= 0.6 is 11.3 Å². The fraction of sp³-hybridized carbons (Fsp3) is 0.321. The second-order valence-electron chi connectivity index (χ2n) is 9.60. The average Bonchev–Trinajstić information content (AvgIpc) is 3.38. The number of allylic oxidation sites excluding steroid dienone is 2. The van der Waals surface area contributed by atoms with E-state index in [-0.39, 0.29) is 23.7 Å². The van der Waals surface area contributed by atoms with Crippen LogP contribution in [0.25, 0.3) is 16.7 Å². The number of rotatable bonds is 6. The Kier molecular flexibility index (Phi) is 6.90. The van der Waals surface area contributed by atoms with Crippen molar-refractivity contribution in [3.8, 4) is 17.0 Å². The van der Waals surface area contributed by atoms with Crippen molar-refractivity contribution in [1.82, 2.24) is 9.88 Å². The summed E-state index contributed by atoms with van der Waals surface area (Å²) in [5.74, 6) is 0.0675. The predicted molar refractivity (Wildman–Crippen MR) is 141 cm³/mol. The Morgan fingerprint density at radius 3 is 2.60 bits per heavy atom. The first-order chi connectivity index (χ1) is 16.6. The summed E-state index contributed by atoms with van der Waals surface area (Å²) in [6.45, 7) is 9.09. The number of hydrogen-bond acceptors (Lipinski definition) is 5. The molecular weight excluding hydrogens is 461 g/mol. The van der Waals surface area contributed by atoms with Crippen molar-refractivity contribution in [2.24, 2.45) is 4.99 Å². The maximum absolute atomic E-state index is 15.2. The zero-order chi connectivity index (χ0) is 25.3. The Morgan fingerprint density at radius 1 is 1.23 bits per heavy atom. The van der Waals surface area contributed by atoms with Gasteiger partial charge in [0.05, 0.1) is 17.7 Å². The molecule has 0 fully saturated rings. The zero-order valence-electron chi connectivity index (χ0n) is 21.0. The summed E-state index contributed by atoms with van der Waals surface area (Å²) in [4.78, 5) is 25.2. The highest BCUT2D eigenvalue weighted by atomic mass is 32.1. The molecule has 0 radical (unpaired) electrons. The van der Waals surface area contributed by atoms with Crippen molar-refractivity contribution in [3.63, 3.8) is 0 Å². The SMILES string of the molecule is C/C=C(\C=N/C)c1cc(-c2ccc(CN3Cc4cc(C(C)(C)C)sc4C3=O)c(F)c2)cc(OC)n1. The molecule has 2 aromatic heterocycles. The number of aliphatic imine (C=N–C) groups is 1. The van der Waals surface area contributed by atoms with Crippen molar-refractivity contribution in [2.45, 2.75) is 46.2 Å². The lowest BCUT2D eigenvalue weighted by atomic mass is 9.94. The van der Waals surface area contributed by atoms with Gasteiger partial charge >= 0.3 is 0 Å². The zero-order valence-corrected chi connectivity index (χ0v) is 21.8. The molecule has 0 aliphatic carbocycles. The normalized spacial score (nSPS) is 14.2. The standard InChI is InChI=1S/C28H30FN3O2S/c1-7-17(14-30-5)23-11-20(13-25(31-23)34-6)18-8-9-19(22(29)10-18)15-32-16-21-12-24(28(2,3)4)35-26(21)27(32)33/h7-14H,15-16H2,1-6H3/b17-7+,30-14-. The average molecular weight is 492 g/mol. The van der Waals surface area contributed by atoms with Crippen LogP contribution in [0.3, 0.4) is 0 Å². The smallest absolute Gasteiger partial charge is 0.264 e. The summed E-state index contributed by atoms with van der Waals surface area (Å²) in [5, 5.41) is 0. The number of ether oxygens (including phenoxy) is 1. The molecule has 1 aliphatic heterocycles. The Labute approximate surface area is 210 Å². The van der Waals surface area contributed by atoms with Crippen molar-refractivity contribution in [2.75, 3.05) is 14.2 Å². The number of halogens is 1. The molecule has 0 spiro atoms. The Bertz CT molecular complexity index is 1330. The van der Waals surface area contributed by atoms with Crippen LogP contribution in [0.2, 0.25) is 0 Å². The summed E-state index contributed by atoms with van der Waals surface area (Å²) < 4.78 is 20.6. The van der Waals surface area contributed by atoms with E-state index in [1.165, 1.54) is 10.9 Å². The third-order valence-electron chi connectivity index (χ3n) is 6.02. The maximum Gasteiger partial charge on any atom is 0.264 e. The molecule has 3 heterocycles.